The summed E-state index contributed by atoms with van der Waals surface area (Å²) in [5, 5.41) is 11.0. The lowest BCUT2D eigenvalue weighted by Crippen LogP contribution is -2.30. The lowest BCUT2D eigenvalue weighted by Gasteiger charge is -2.14. The number of aromatic nitrogens is 1. The Balaban J connectivity index is 1.28. The van der Waals surface area contributed by atoms with Gasteiger partial charge in [0.1, 0.15) is 5.70 Å². The van der Waals surface area contributed by atoms with Crippen LogP contribution in [0.1, 0.15) is 22.8 Å². The number of halogens is 1. The number of nitrogens with one attached hydrogen (secondary N) is 3. The van der Waals surface area contributed by atoms with Crippen LogP contribution in [0.15, 0.2) is 113 Å². The number of methoxy groups -OCH3 is 2. The van der Waals surface area contributed by atoms with Crippen molar-refractivity contribution in [2.75, 3.05) is 24.9 Å². The molecule has 1 aromatic heterocycles. The quantitative estimate of drug-likeness (QED) is 0.0892. The van der Waals surface area contributed by atoms with E-state index in [2.05, 4.69) is 20.9 Å². The Morgan fingerprint density at radius 1 is 0.875 bits per heavy atom. The van der Waals surface area contributed by atoms with Crippen molar-refractivity contribution < 1.29 is 23.9 Å². The second-order valence-corrected chi connectivity index (χ2v) is 13.0. The fraction of sp³-hybridized carbons (Fsp3) is 0.111. The number of ether oxygens (including phenoxy) is 2. The molecule has 1 unspecified atom stereocenters. The zero-order valence-corrected chi connectivity index (χ0v) is 28.5. The molecule has 0 spiro atoms. The third-order valence-corrected chi connectivity index (χ3v) is 9.00. The van der Waals surface area contributed by atoms with E-state index in [1.807, 2.05) is 23.6 Å². The molecule has 3 N–H and O–H groups in total. The van der Waals surface area contributed by atoms with Crippen molar-refractivity contribution in [3.8, 4) is 22.8 Å². The molecule has 0 aliphatic heterocycles. The number of carbonyl (C=O) groups is 3. The van der Waals surface area contributed by atoms with E-state index in [4.69, 9.17) is 21.1 Å². The maximum absolute atomic E-state index is 13.6. The highest BCUT2D eigenvalue weighted by Gasteiger charge is 2.19. The molecule has 48 heavy (non-hydrogen) atoms. The summed E-state index contributed by atoms with van der Waals surface area (Å²) in [6, 6.07) is 28.2. The highest BCUT2D eigenvalue weighted by atomic mass is 35.5. The van der Waals surface area contributed by atoms with Crippen LogP contribution in [-0.4, -0.2) is 42.2 Å². The summed E-state index contributed by atoms with van der Waals surface area (Å²) < 4.78 is 10.7. The van der Waals surface area contributed by atoms with Crippen molar-refractivity contribution >= 4 is 69.3 Å². The molecule has 12 heteroatoms. The molecule has 0 aliphatic rings. The van der Waals surface area contributed by atoms with E-state index >= 15 is 0 Å². The highest BCUT2D eigenvalue weighted by Crippen LogP contribution is 2.30. The monoisotopic (exact) mass is 698 g/mol. The number of benzene rings is 4. The minimum Gasteiger partial charge on any atom is -0.493 e. The van der Waals surface area contributed by atoms with Gasteiger partial charge in [0.2, 0.25) is 5.91 Å². The second-order valence-electron chi connectivity index (χ2n) is 10.3. The van der Waals surface area contributed by atoms with Crippen molar-refractivity contribution in [2.45, 2.75) is 17.1 Å². The zero-order chi connectivity index (χ0) is 34.0. The molecule has 5 aromatic rings. The first-order chi connectivity index (χ1) is 23.2. The van der Waals surface area contributed by atoms with Crippen molar-refractivity contribution in [3.05, 3.63) is 124 Å². The third-order valence-electron chi connectivity index (χ3n) is 6.90. The van der Waals surface area contributed by atoms with Crippen molar-refractivity contribution in [3.63, 3.8) is 0 Å². The topological polar surface area (TPSA) is 119 Å². The number of hydrogen-bond donors (Lipinski definition) is 3. The first kappa shape index (κ1) is 34.2. The molecule has 0 saturated heterocycles. The van der Waals surface area contributed by atoms with Gasteiger partial charge in [-0.3, -0.25) is 14.4 Å². The molecular formula is C36H31ClN4O5S2. The van der Waals surface area contributed by atoms with Gasteiger partial charge in [-0.1, -0.05) is 54.1 Å². The molecule has 3 amide bonds. The molecule has 0 aliphatic carbocycles. The van der Waals surface area contributed by atoms with Crippen LogP contribution < -0.4 is 25.4 Å². The number of carbonyl (C=O) groups excluding carboxylic acids is 3. The Labute approximate surface area is 291 Å². The van der Waals surface area contributed by atoms with Crippen LogP contribution in [0.5, 0.6) is 11.5 Å². The van der Waals surface area contributed by atoms with Gasteiger partial charge in [-0.25, -0.2) is 4.98 Å². The van der Waals surface area contributed by atoms with Crippen molar-refractivity contribution in [2.24, 2.45) is 0 Å². The fourth-order valence-corrected chi connectivity index (χ4v) is 6.22. The van der Waals surface area contributed by atoms with E-state index in [-0.39, 0.29) is 11.6 Å². The van der Waals surface area contributed by atoms with Gasteiger partial charge in [0, 0.05) is 32.1 Å². The summed E-state index contributed by atoms with van der Waals surface area (Å²) in [4.78, 5) is 45.0. The molecule has 244 valence electrons. The van der Waals surface area contributed by atoms with Crippen LogP contribution >= 0.6 is 34.7 Å². The predicted octanol–water partition coefficient (Wildman–Crippen LogP) is 8.01. The van der Waals surface area contributed by atoms with E-state index in [9.17, 15) is 14.4 Å². The van der Waals surface area contributed by atoms with Gasteiger partial charge in [0.15, 0.2) is 16.6 Å². The Morgan fingerprint density at radius 3 is 2.35 bits per heavy atom. The molecule has 0 bridgehead atoms. The summed E-state index contributed by atoms with van der Waals surface area (Å²) in [6.45, 7) is 1.79. The first-order valence-corrected chi connectivity index (χ1v) is 16.8. The zero-order valence-electron chi connectivity index (χ0n) is 26.2. The first-order valence-electron chi connectivity index (χ1n) is 14.6. The van der Waals surface area contributed by atoms with Gasteiger partial charge >= 0.3 is 0 Å². The Kier molecular flexibility index (Phi) is 11.5. The highest BCUT2D eigenvalue weighted by molar-refractivity contribution is 8.00. The van der Waals surface area contributed by atoms with Gasteiger partial charge in [0.25, 0.3) is 11.8 Å². The summed E-state index contributed by atoms with van der Waals surface area (Å²) in [7, 11) is 3.05. The number of rotatable bonds is 12. The summed E-state index contributed by atoms with van der Waals surface area (Å²) in [5.41, 5.74) is 3.15. The largest absolute Gasteiger partial charge is 0.493 e. The van der Waals surface area contributed by atoms with Gasteiger partial charge in [-0.15, -0.1) is 23.1 Å². The average Bonchev–Trinajstić information content (AvgIpc) is 3.57. The van der Waals surface area contributed by atoms with Crippen LogP contribution in [0.4, 0.5) is 10.8 Å². The summed E-state index contributed by atoms with van der Waals surface area (Å²) in [6.07, 6.45) is 1.56. The smallest absolute Gasteiger partial charge is 0.272 e. The Bertz CT molecular complexity index is 1950. The molecule has 0 fully saturated rings. The van der Waals surface area contributed by atoms with Crippen LogP contribution in [0.3, 0.4) is 0 Å². The van der Waals surface area contributed by atoms with E-state index < -0.39 is 17.1 Å². The van der Waals surface area contributed by atoms with Crippen LogP contribution in [0.25, 0.3) is 17.3 Å². The van der Waals surface area contributed by atoms with E-state index in [1.165, 1.54) is 37.3 Å². The van der Waals surface area contributed by atoms with Crippen LogP contribution in [-0.2, 0) is 9.59 Å². The van der Waals surface area contributed by atoms with Gasteiger partial charge in [-0.05, 0) is 73.2 Å². The standard InChI is InChI=1S/C36H31ClN4O5S2/c1-22(33(42)41-36-40-30(21-47-36)24-13-15-26(37)16-14-24)48-28-11-7-10-27(20-28)38-35(44)29(39-34(43)25-8-5-4-6-9-25)18-23-12-17-31(45-2)32(19-23)46-3/h4-22H,1-3H3,(H,38,44)(H,39,43)(H,40,41,42)/b29-18+. The molecule has 1 atom stereocenters. The third kappa shape index (κ3) is 9.03. The number of hydrogen-bond acceptors (Lipinski definition) is 8. The van der Waals surface area contributed by atoms with E-state index in [1.54, 1.807) is 91.9 Å². The van der Waals surface area contributed by atoms with Gasteiger partial charge in [0.05, 0.1) is 25.2 Å². The molecule has 5 rings (SSSR count). The average molecular weight is 699 g/mol. The lowest BCUT2D eigenvalue weighted by atomic mass is 10.1. The van der Waals surface area contributed by atoms with E-state index in [0.717, 1.165) is 16.2 Å². The number of anilines is 2. The number of nitrogens with zero attached hydrogens (tertiary/aromatic N) is 1. The number of thioether (sulfide) groups is 1. The second kappa shape index (κ2) is 16.1. The molecule has 9 nitrogen and oxygen atoms in total. The fourth-order valence-electron chi connectivity index (χ4n) is 4.45. The Hall–Kier alpha value is -5.10. The number of thiazole rings is 1. The van der Waals surface area contributed by atoms with Gasteiger partial charge < -0.3 is 25.4 Å². The SMILES string of the molecule is COc1ccc(/C=C(/NC(=O)c2ccccc2)C(=O)Nc2cccc(SC(C)C(=O)Nc3nc(-c4ccc(Cl)cc4)cs3)c2)cc1OC. The van der Waals surface area contributed by atoms with Gasteiger partial charge in [-0.2, -0.15) is 0 Å². The minimum absolute atomic E-state index is 0.0169. The number of amides is 3. The Morgan fingerprint density at radius 2 is 1.62 bits per heavy atom. The summed E-state index contributed by atoms with van der Waals surface area (Å²) in [5.74, 6) is -0.194. The van der Waals surface area contributed by atoms with Crippen molar-refractivity contribution in [1.82, 2.24) is 10.3 Å². The summed E-state index contributed by atoms with van der Waals surface area (Å²) >= 11 is 8.66. The lowest BCUT2D eigenvalue weighted by molar-refractivity contribution is -0.115. The maximum atomic E-state index is 13.6. The van der Waals surface area contributed by atoms with E-state index in [0.29, 0.717) is 38.5 Å². The van der Waals surface area contributed by atoms with Crippen LogP contribution in [0.2, 0.25) is 5.02 Å². The molecule has 0 saturated carbocycles. The maximum Gasteiger partial charge on any atom is 0.272 e. The van der Waals surface area contributed by atoms with Crippen LogP contribution in [0, 0.1) is 0 Å². The predicted molar refractivity (Wildman–Crippen MR) is 193 cm³/mol. The normalized spacial score (nSPS) is 11.7. The van der Waals surface area contributed by atoms with Crippen molar-refractivity contribution in [1.29, 1.82) is 0 Å². The molecule has 1 heterocycles. The molecule has 4 aromatic carbocycles. The minimum atomic E-state index is -0.540. The molecule has 0 radical (unpaired) electrons. The molecular weight excluding hydrogens is 668 g/mol.